The Labute approximate surface area is 231 Å². The van der Waals surface area contributed by atoms with Crippen LogP contribution in [-0.2, 0) is 20.1 Å². The summed E-state index contributed by atoms with van der Waals surface area (Å²) in [6.45, 7) is 11.5. The molecule has 3 aromatic carbocycles. The van der Waals surface area contributed by atoms with E-state index in [1.165, 1.54) is 6.07 Å². The highest BCUT2D eigenvalue weighted by atomic mass is 31.2. The van der Waals surface area contributed by atoms with Crippen molar-refractivity contribution in [3.63, 3.8) is 0 Å². The fourth-order valence-electron chi connectivity index (χ4n) is 5.27. The van der Waals surface area contributed by atoms with Gasteiger partial charge in [0.05, 0.1) is 23.2 Å². The van der Waals surface area contributed by atoms with Gasteiger partial charge in [-0.2, -0.15) is 0 Å². The number of hydrogen-bond donors (Lipinski definition) is 0. The molecule has 10 heteroatoms. The van der Waals surface area contributed by atoms with Gasteiger partial charge in [0.1, 0.15) is 0 Å². The third-order valence-corrected chi connectivity index (χ3v) is 15.3. The molecule has 0 spiro atoms. The number of nitro groups is 1. The molecule has 2 aliphatic rings. The zero-order valence-corrected chi connectivity index (χ0v) is 24.8. The van der Waals surface area contributed by atoms with E-state index in [1.54, 1.807) is 12.1 Å². The molecular formula is C29H36N3O5PSi. The van der Waals surface area contributed by atoms with Crippen LogP contribution in [0.4, 0.5) is 5.69 Å². The minimum atomic E-state index is -3.04. The van der Waals surface area contributed by atoms with Crippen molar-refractivity contribution in [3.8, 4) is 0 Å². The molecule has 2 fully saturated rings. The number of nitro benzene ring substituents is 1. The number of rotatable bonds is 11. The topological polar surface area (TPSA) is 84.7 Å². The van der Waals surface area contributed by atoms with E-state index < -0.39 is 22.1 Å². The normalized spacial score (nSPS) is 17.1. The molecule has 0 N–H and O–H groups in total. The summed E-state index contributed by atoms with van der Waals surface area (Å²) < 4.78 is 30.5. The molecule has 2 aliphatic heterocycles. The molecule has 39 heavy (non-hydrogen) atoms. The zero-order valence-electron chi connectivity index (χ0n) is 22.9. The Bertz CT molecular complexity index is 1320. The first kappa shape index (κ1) is 27.9. The lowest BCUT2D eigenvalue weighted by Crippen LogP contribution is -2.66. The van der Waals surface area contributed by atoms with Gasteiger partial charge in [-0.05, 0) is 40.0 Å². The van der Waals surface area contributed by atoms with E-state index in [2.05, 4.69) is 45.0 Å². The Hall–Kier alpha value is -2.65. The van der Waals surface area contributed by atoms with Crippen molar-refractivity contribution in [1.29, 1.82) is 0 Å². The smallest absolute Gasteiger partial charge is 0.346 e. The van der Waals surface area contributed by atoms with Crippen LogP contribution in [0.2, 0.25) is 5.04 Å². The first-order valence-corrected chi connectivity index (χ1v) is 16.8. The molecule has 0 bridgehead atoms. The van der Waals surface area contributed by atoms with Crippen LogP contribution in [0.3, 0.4) is 0 Å². The van der Waals surface area contributed by atoms with Gasteiger partial charge in [-0.25, -0.2) is 9.34 Å². The van der Waals surface area contributed by atoms with Crippen LogP contribution < -0.4 is 10.4 Å². The Balaban J connectivity index is 1.51. The second-order valence-corrected chi connectivity index (χ2v) is 17.9. The summed E-state index contributed by atoms with van der Waals surface area (Å²) in [6.07, 6.45) is -0.496. The average molecular weight is 566 g/mol. The summed E-state index contributed by atoms with van der Waals surface area (Å²) in [5.41, 5.74) is 1.23. The minimum absolute atomic E-state index is 0.00366. The molecule has 1 atom stereocenters. The van der Waals surface area contributed by atoms with E-state index in [4.69, 9.17) is 8.95 Å². The van der Waals surface area contributed by atoms with Crippen molar-refractivity contribution < 1.29 is 18.4 Å². The summed E-state index contributed by atoms with van der Waals surface area (Å²) >= 11 is 0. The van der Waals surface area contributed by atoms with E-state index in [0.717, 1.165) is 42.1 Å². The maximum Gasteiger partial charge on any atom is 0.346 e. The van der Waals surface area contributed by atoms with Crippen molar-refractivity contribution in [2.24, 2.45) is 0 Å². The highest BCUT2D eigenvalue weighted by Gasteiger charge is 2.51. The lowest BCUT2D eigenvalue weighted by atomic mass is 10.1. The monoisotopic (exact) mass is 565 g/mol. The van der Waals surface area contributed by atoms with E-state index >= 15 is 0 Å². The van der Waals surface area contributed by atoms with Gasteiger partial charge in [0.2, 0.25) is 0 Å². The van der Waals surface area contributed by atoms with E-state index in [0.29, 0.717) is 5.56 Å². The van der Waals surface area contributed by atoms with Crippen molar-refractivity contribution in [2.45, 2.75) is 45.4 Å². The van der Waals surface area contributed by atoms with Crippen LogP contribution in [0.25, 0.3) is 0 Å². The van der Waals surface area contributed by atoms with Gasteiger partial charge < -0.3 is 4.43 Å². The maximum atomic E-state index is 13.6. The third kappa shape index (κ3) is 5.52. The average Bonchev–Trinajstić information content (AvgIpc) is 3.82. The SMILES string of the molecule is C[C@H](OP(=O)(N1CC1)N1CC1)c1ccc([N+](=O)[O-])c(CO[Si](c2ccccc2)(c2ccccc2)C(C)(C)C)c1. The van der Waals surface area contributed by atoms with Gasteiger partial charge in [-0.3, -0.25) is 19.2 Å². The largest absolute Gasteiger partial charge is 0.403 e. The highest BCUT2D eigenvalue weighted by molar-refractivity contribution is 7.54. The molecule has 0 unspecified atom stereocenters. The molecule has 0 saturated carbocycles. The standard InChI is InChI=1S/C29H36N3O5PSi/c1-23(37-38(35,30-17-18-30)31-19-20-31)24-15-16-28(32(33)34)25(21-24)22-36-39(29(2,3)4,26-11-7-5-8-12-26)27-13-9-6-10-14-27/h5-16,21,23H,17-20,22H2,1-4H3/t23-/m0/s1. The van der Waals surface area contributed by atoms with Crippen molar-refractivity contribution in [3.05, 3.63) is 100 Å². The summed E-state index contributed by atoms with van der Waals surface area (Å²) in [5.74, 6) is 0. The van der Waals surface area contributed by atoms with Crippen LogP contribution in [0.5, 0.6) is 0 Å². The molecule has 2 saturated heterocycles. The third-order valence-electron chi connectivity index (χ3n) is 7.49. The molecule has 0 aliphatic carbocycles. The van der Waals surface area contributed by atoms with Gasteiger partial charge in [0.15, 0.2) is 0 Å². The number of nitrogens with zero attached hydrogens (tertiary/aromatic N) is 3. The molecule has 206 valence electrons. The lowest BCUT2D eigenvalue weighted by molar-refractivity contribution is -0.385. The van der Waals surface area contributed by atoms with E-state index in [1.807, 2.05) is 52.7 Å². The Kier molecular flexibility index (Phi) is 7.67. The van der Waals surface area contributed by atoms with Crippen LogP contribution >= 0.6 is 7.67 Å². The van der Waals surface area contributed by atoms with Gasteiger partial charge in [0, 0.05) is 32.2 Å². The first-order chi connectivity index (χ1) is 18.6. The minimum Gasteiger partial charge on any atom is -0.403 e. The van der Waals surface area contributed by atoms with Gasteiger partial charge >= 0.3 is 7.67 Å². The molecule has 0 aromatic heterocycles. The first-order valence-electron chi connectivity index (χ1n) is 13.4. The molecule has 0 radical (unpaired) electrons. The fraction of sp³-hybridized carbons (Fsp3) is 0.379. The number of hydrogen-bond acceptors (Lipinski definition) is 5. The van der Waals surface area contributed by atoms with Crippen molar-refractivity contribution in [1.82, 2.24) is 9.34 Å². The van der Waals surface area contributed by atoms with E-state index in [9.17, 15) is 14.7 Å². The Morgan fingerprint density at radius 2 is 1.44 bits per heavy atom. The Morgan fingerprint density at radius 3 is 1.87 bits per heavy atom. The molecular weight excluding hydrogens is 529 g/mol. The molecule has 8 nitrogen and oxygen atoms in total. The molecule has 0 amide bonds. The predicted octanol–water partition coefficient (Wildman–Crippen LogP) is 5.49. The van der Waals surface area contributed by atoms with Gasteiger partial charge in [-0.15, -0.1) is 0 Å². The lowest BCUT2D eigenvalue weighted by Gasteiger charge is -2.43. The summed E-state index contributed by atoms with van der Waals surface area (Å²) in [4.78, 5) is 11.7. The van der Waals surface area contributed by atoms with Crippen molar-refractivity contribution >= 4 is 32.0 Å². The van der Waals surface area contributed by atoms with Crippen LogP contribution in [0.1, 0.15) is 44.9 Å². The zero-order chi connectivity index (χ0) is 27.8. The van der Waals surface area contributed by atoms with Gasteiger partial charge in [-0.1, -0.05) is 81.4 Å². The van der Waals surface area contributed by atoms with Crippen LogP contribution in [-0.4, -0.2) is 48.8 Å². The molecule has 5 rings (SSSR count). The summed E-state index contributed by atoms with van der Waals surface area (Å²) in [5, 5.41) is 14.0. The van der Waals surface area contributed by atoms with Crippen LogP contribution in [0.15, 0.2) is 78.9 Å². The van der Waals surface area contributed by atoms with Crippen molar-refractivity contribution in [2.75, 3.05) is 26.2 Å². The fourth-order valence-corrected chi connectivity index (χ4v) is 12.1. The number of benzene rings is 3. The summed E-state index contributed by atoms with van der Waals surface area (Å²) in [6, 6.07) is 25.4. The molecule has 2 heterocycles. The van der Waals surface area contributed by atoms with Gasteiger partial charge in [0.25, 0.3) is 14.0 Å². The quantitative estimate of drug-likeness (QED) is 0.1000. The highest BCUT2D eigenvalue weighted by Crippen LogP contribution is 2.63. The van der Waals surface area contributed by atoms with Crippen LogP contribution in [0, 0.1) is 10.1 Å². The van der Waals surface area contributed by atoms with E-state index in [-0.39, 0.29) is 22.3 Å². The maximum absolute atomic E-state index is 13.6. The second-order valence-electron chi connectivity index (χ2n) is 11.2. The summed E-state index contributed by atoms with van der Waals surface area (Å²) in [7, 11) is -5.94. The second kappa shape index (κ2) is 10.7. The predicted molar refractivity (Wildman–Crippen MR) is 156 cm³/mol. The Morgan fingerprint density at radius 1 is 0.923 bits per heavy atom. The molecule has 3 aromatic rings.